The van der Waals surface area contributed by atoms with Crippen molar-refractivity contribution in [3.05, 3.63) is 47.5 Å². The van der Waals surface area contributed by atoms with Gasteiger partial charge in [-0.15, -0.1) is 0 Å². The van der Waals surface area contributed by atoms with E-state index in [0.717, 1.165) is 12.1 Å². The molecule has 0 aromatic heterocycles. The van der Waals surface area contributed by atoms with Crippen LogP contribution in [0.5, 0.6) is 0 Å². The number of rotatable bonds is 3. The lowest BCUT2D eigenvalue weighted by Crippen LogP contribution is -2.10. The van der Waals surface area contributed by atoms with E-state index in [1.54, 1.807) is 0 Å². The second-order valence-electron chi connectivity index (χ2n) is 3.19. The molecule has 2 nitrogen and oxygen atoms in total. The number of carboxylic acids is 1. The summed E-state index contributed by atoms with van der Waals surface area (Å²) in [4.78, 5) is 10.6. The monoisotopic (exact) mass is 212 g/mol. The highest BCUT2D eigenvalue weighted by atomic mass is 19.1. The minimum atomic E-state index is -1.26. The molecule has 0 bridgehead atoms. The maximum absolute atomic E-state index is 13.3. The van der Waals surface area contributed by atoms with Crippen molar-refractivity contribution in [3.8, 4) is 0 Å². The SMILES string of the molecule is C=C(C(=O)O)C(C)c1c(F)cccc1F. The Morgan fingerprint density at radius 2 is 1.87 bits per heavy atom. The zero-order valence-corrected chi connectivity index (χ0v) is 8.13. The first-order valence-corrected chi connectivity index (χ1v) is 4.31. The lowest BCUT2D eigenvalue weighted by molar-refractivity contribution is -0.132. The van der Waals surface area contributed by atoms with Crippen molar-refractivity contribution in [1.29, 1.82) is 0 Å². The van der Waals surface area contributed by atoms with Gasteiger partial charge in [-0.3, -0.25) is 0 Å². The van der Waals surface area contributed by atoms with E-state index in [1.807, 2.05) is 0 Å². The minimum Gasteiger partial charge on any atom is -0.478 e. The Kier molecular flexibility index (Phi) is 3.19. The van der Waals surface area contributed by atoms with Crippen LogP contribution in [0.25, 0.3) is 0 Å². The Hall–Kier alpha value is -1.71. The molecular weight excluding hydrogens is 202 g/mol. The Morgan fingerprint density at radius 3 is 2.27 bits per heavy atom. The summed E-state index contributed by atoms with van der Waals surface area (Å²) >= 11 is 0. The fraction of sp³-hybridized carbons (Fsp3) is 0.182. The van der Waals surface area contributed by atoms with Crippen molar-refractivity contribution in [2.24, 2.45) is 0 Å². The predicted molar refractivity (Wildman–Crippen MR) is 51.5 cm³/mol. The predicted octanol–water partition coefficient (Wildman–Crippen LogP) is 2.71. The van der Waals surface area contributed by atoms with Gasteiger partial charge in [0.1, 0.15) is 11.6 Å². The topological polar surface area (TPSA) is 37.3 Å². The van der Waals surface area contributed by atoms with Gasteiger partial charge in [0.15, 0.2) is 0 Å². The number of hydrogen-bond donors (Lipinski definition) is 1. The number of carbonyl (C=O) groups is 1. The normalized spacial score (nSPS) is 12.2. The minimum absolute atomic E-state index is 0.237. The maximum Gasteiger partial charge on any atom is 0.331 e. The first-order valence-electron chi connectivity index (χ1n) is 4.31. The van der Waals surface area contributed by atoms with Crippen molar-refractivity contribution in [2.75, 3.05) is 0 Å². The molecular formula is C11H10F2O2. The van der Waals surface area contributed by atoms with Crippen molar-refractivity contribution in [2.45, 2.75) is 12.8 Å². The average Bonchev–Trinajstić information content (AvgIpc) is 2.15. The lowest BCUT2D eigenvalue weighted by atomic mass is 9.93. The standard InChI is InChI=1S/C11H10F2O2/c1-6(7(2)11(14)15)10-8(12)4-3-5-9(10)13/h3-6H,2H2,1H3,(H,14,15). The van der Waals surface area contributed by atoms with E-state index in [2.05, 4.69) is 6.58 Å². The number of benzene rings is 1. The summed E-state index contributed by atoms with van der Waals surface area (Å²) in [6, 6.07) is 3.40. The molecule has 4 heteroatoms. The summed E-state index contributed by atoms with van der Waals surface area (Å²) in [7, 11) is 0. The highest BCUT2D eigenvalue weighted by Gasteiger charge is 2.21. The van der Waals surface area contributed by atoms with Crippen LogP contribution >= 0.6 is 0 Å². The quantitative estimate of drug-likeness (QED) is 0.782. The largest absolute Gasteiger partial charge is 0.478 e. The Balaban J connectivity index is 3.16. The molecule has 0 spiro atoms. The molecule has 1 aromatic carbocycles. The Morgan fingerprint density at radius 1 is 1.40 bits per heavy atom. The number of hydrogen-bond acceptors (Lipinski definition) is 1. The molecule has 1 N–H and O–H groups in total. The van der Waals surface area contributed by atoms with E-state index in [9.17, 15) is 13.6 Å². The van der Waals surface area contributed by atoms with E-state index >= 15 is 0 Å². The van der Waals surface area contributed by atoms with Gasteiger partial charge in [-0.25, -0.2) is 13.6 Å². The van der Waals surface area contributed by atoms with Gasteiger partial charge >= 0.3 is 5.97 Å². The van der Waals surface area contributed by atoms with Crippen LogP contribution in [0.15, 0.2) is 30.4 Å². The van der Waals surface area contributed by atoms with Crippen molar-refractivity contribution in [3.63, 3.8) is 0 Å². The molecule has 0 heterocycles. The molecule has 1 atom stereocenters. The van der Waals surface area contributed by atoms with Crippen LogP contribution in [0.3, 0.4) is 0 Å². The molecule has 0 fully saturated rings. The van der Waals surface area contributed by atoms with Crippen molar-refractivity contribution in [1.82, 2.24) is 0 Å². The third-order valence-electron chi connectivity index (χ3n) is 2.23. The van der Waals surface area contributed by atoms with Gasteiger partial charge in [0.05, 0.1) is 0 Å². The zero-order chi connectivity index (χ0) is 11.6. The van der Waals surface area contributed by atoms with Crippen LogP contribution in [0.4, 0.5) is 8.78 Å². The third kappa shape index (κ3) is 2.21. The smallest absolute Gasteiger partial charge is 0.331 e. The molecule has 0 saturated carbocycles. The maximum atomic E-state index is 13.3. The van der Waals surface area contributed by atoms with Gasteiger partial charge in [0.25, 0.3) is 0 Å². The second-order valence-corrected chi connectivity index (χ2v) is 3.19. The van der Waals surface area contributed by atoms with Crippen LogP contribution in [-0.4, -0.2) is 11.1 Å². The average molecular weight is 212 g/mol. The van der Waals surface area contributed by atoms with Crippen LogP contribution < -0.4 is 0 Å². The number of aliphatic carboxylic acids is 1. The van der Waals surface area contributed by atoms with Crippen LogP contribution in [0.2, 0.25) is 0 Å². The van der Waals surface area contributed by atoms with Crippen LogP contribution in [0, 0.1) is 11.6 Å². The number of halogens is 2. The summed E-state index contributed by atoms with van der Waals surface area (Å²) in [5.74, 6) is -3.66. The molecule has 0 aliphatic heterocycles. The van der Waals surface area contributed by atoms with E-state index in [-0.39, 0.29) is 11.1 Å². The second kappa shape index (κ2) is 4.21. The molecule has 0 amide bonds. The van der Waals surface area contributed by atoms with Crippen LogP contribution in [-0.2, 0) is 4.79 Å². The van der Waals surface area contributed by atoms with E-state index in [0.29, 0.717) is 0 Å². The molecule has 0 aliphatic carbocycles. The molecule has 1 rings (SSSR count). The summed E-state index contributed by atoms with van der Waals surface area (Å²) in [5.41, 5.74) is -0.496. The van der Waals surface area contributed by atoms with E-state index in [1.165, 1.54) is 13.0 Å². The first kappa shape index (κ1) is 11.4. The fourth-order valence-electron chi connectivity index (χ4n) is 1.28. The Bertz CT molecular complexity index is 393. The fourth-order valence-corrected chi connectivity index (χ4v) is 1.28. The molecule has 0 saturated heterocycles. The molecule has 80 valence electrons. The Labute approximate surface area is 85.9 Å². The summed E-state index contributed by atoms with van der Waals surface area (Å²) in [6.45, 7) is 4.68. The molecule has 1 unspecified atom stereocenters. The number of carboxylic acid groups (broad SMARTS) is 1. The molecule has 0 radical (unpaired) electrons. The summed E-state index contributed by atoms with van der Waals surface area (Å²) < 4.78 is 26.5. The van der Waals surface area contributed by atoms with Gasteiger partial charge in [0.2, 0.25) is 0 Å². The van der Waals surface area contributed by atoms with Gasteiger partial charge in [-0.1, -0.05) is 19.6 Å². The highest BCUT2D eigenvalue weighted by Crippen LogP contribution is 2.27. The lowest BCUT2D eigenvalue weighted by Gasteiger charge is -2.13. The van der Waals surface area contributed by atoms with E-state index < -0.39 is 23.5 Å². The van der Waals surface area contributed by atoms with Gasteiger partial charge in [0, 0.05) is 17.1 Å². The first-order chi connectivity index (χ1) is 6.95. The van der Waals surface area contributed by atoms with Gasteiger partial charge < -0.3 is 5.11 Å². The molecule has 15 heavy (non-hydrogen) atoms. The molecule has 0 aliphatic rings. The van der Waals surface area contributed by atoms with Gasteiger partial charge in [-0.05, 0) is 12.1 Å². The van der Waals surface area contributed by atoms with E-state index in [4.69, 9.17) is 5.11 Å². The van der Waals surface area contributed by atoms with Crippen molar-refractivity contribution >= 4 is 5.97 Å². The zero-order valence-electron chi connectivity index (χ0n) is 8.13. The summed E-state index contributed by atoms with van der Waals surface area (Å²) in [6.07, 6.45) is 0. The third-order valence-corrected chi connectivity index (χ3v) is 2.23. The molecule has 1 aromatic rings. The highest BCUT2D eigenvalue weighted by molar-refractivity contribution is 5.87. The van der Waals surface area contributed by atoms with Crippen LogP contribution in [0.1, 0.15) is 18.4 Å². The van der Waals surface area contributed by atoms with Crippen molar-refractivity contribution < 1.29 is 18.7 Å². The summed E-state index contributed by atoms with van der Waals surface area (Å²) in [5, 5.41) is 8.65. The van der Waals surface area contributed by atoms with Gasteiger partial charge in [-0.2, -0.15) is 0 Å².